The Morgan fingerprint density at radius 2 is 2.11 bits per heavy atom. The van der Waals surface area contributed by atoms with Crippen molar-refractivity contribution in [1.29, 1.82) is 0 Å². The second kappa shape index (κ2) is 5.72. The van der Waals surface area contributed by atoms with Crippen LogP contribution in [0.25, 0.3) is 10.9 Å². The maximum Gasteiger partial charge on any atom is 0.124 e. The van der Waals surface area contributed by atoms with Crippen LogP contribution < -0.4 is 0 Å². The van der Waals surface area contributed by atoms with E-state index in [2.05, 4.69) is 9.88 Å². The third-order valence-corrected chi connectivity index (χ3v) is 3.73. The summed E-state index contributed by atoms with van der Waals surface area (Å²) in [4.78, 5) is 5.61. The van der Waals surface area contributed by atoms with Crippen LogP contribution in [0.5, 0.6) is 0 Å². The topological polar surface area (TPSA) is 28.3 Å². The minimum Gasteiger partial charge on any atom is -0.379 e. The molecule has 1 aromatic heterocycles. The molecule has 19 heavy (non-hydrogen) atoms. The predicted octanol–water partition coefficient (Wildman–Crippen LogP) is 2.57. The first-order valence-corrected chi connectivity index (χ1v) is 6.88. The Hall–Kier alpha value is -1.39. The molecule has 0 unspecified atom stereocenters. The van der Waals surface area contributed by atoms with Crippen molar-refractivity contribution in [2.24, 2.45) is 0 Å². The van der Waals surface area contributed by atoms with Crippen LogP contribution in [0.2, 0.25) is 0 Å². The van der Waals surface area contributed by atoms with Crippen LogP contribution in [-0.2, 0) is 11.2 Å². The molecule has 3 nitrogen and oxygen atoms in total. The number of hydrogen-bond acceptors (Lipinski definition) is 2. The summed E-state index contributed by atoms with van der Waals surface area (Å²) in [5.74, 6) is -0.145. The summed E-state index contributed by atoms with van der Waals surface area (Å²) in [6, 6.07) is 5.15. The number of fused-ring (bicyclic) bond motifs is 1. The fourth-order valence-corrected chi connectivity index (χ4v) is 2.72. The third kappa shape index (κ3) is 2.96. The van der Waals surface area contributed by atoms with Crippen molar-refractivity contribution in [2.45, 2.75) is 12.8 Å². The largest absolute Gasteiger partial charge is 0.379 e. The maximum absolute atomic E-state index is 13.5. The van der Waals surface area contributed by atoms with Crippen LogP contribution in [-0.4, -0.2) is 42.7 Å². The molecular weight excluding hydrogens is 243 g/mol. The second-order valence-corrected chi connectivity index (χ2v) is 5.06. The molecule has 0 atom stereocenters. The number of benzene rings is 1. The van der Waals surface area contributed by atoms with E-state index in [1.165, 1.54) is 0 Å². The molecule has 2 heterocycles. The molecule has 4 heteroatoms. The molecule has 1 N–H and O–H groups in total. The normalized spacial score (nSPS) is 17.1. The van der Waals surface area contributed by atoms with Crippen LogP contribution in [0.3, 0.4) is 0 Å². The van der Waals surface area contributed by atoms with Gasteiger partial charge in [-0.3, -0.25) is 4.90 Å². The molecule has 0 amide bonds. The molecule has 0 bridgehead atoms. The van der Waals surface area contributed by atoms with Crippen molar-refractivity contribution < 1.29 is 9.13 Å². The first-order valence-electron chi connectivity index (χ1n) is 6.88. The fourth-order valence-electron chi connectivity index (χ4n) is 2.72. The molecule has 1 aliphatic heterocycles. The van der Waals surface area contributed by atoms with Gasteiger partial charge in [0.25, 0.3) is 0 Å². The maximum atomic E-state index is 13.5. The zero-order chi connectivity index (χ0) is 13.1. The summed E-state index contributed by atoms with van der Waals surface area (Å²) in [5, 5.41) is 0.960. The Morgan fingerprint density at radius 3 is 2.95 bits per heavy atom. The lowest BCUT2D eigenvalue weighted by molar-refractivity contribution is 0.0375. The first kappa shape index (κ1) is 12.6. The van der Waals surface area contributed by atoms with E-state index in [0.29, 0.717) is 0 Å². The van der Waals surface area contributed by atoms with Crippen LogP contribution in [0.1, 0.15) is 12.0 Å². The van der Waals surface area contributed by atoms with Crippen LogP contribution in [0.15, 0.2) is 24.4 Å². The van der Waals surface area contributed by atoms with Gasteiger partial charge in [-0.15, -0.1) is 0 Å². The number of rotatable bonds is 4. The average Bonchev–Trinajstić information content (AvgIpc) is 2.88. The van der Waals surface area contributed by atoms with Gasteiger partial charge in [-0.25, -0.2) is 4.39 Å². The van der Waals surface area contributed by atoms with Crippen molar-refractivity contribution >= 4 is 10.9 Å². The number of aromatic nitrogens is 1. The molecule has 0 radical (unpaired) electrons. The highest BCUT2D eigenvalue weighted by Gasteiger charge is 2.10. The van der Waals surface area contributed by atoms with Crippen molar-refractivity contribution in [3.63, 3.8) is 0 Å². The summed E-state index contributed by atoms with van der Waals surface area (Å²) >= 11 is 0. The van der Waals surface area contributed by atoms with Crippen molar-refractivity contribution in [2.75, 3.05) is 32.8 Å². The molecule has 0 aliphatic carbocycles. The van der Waals surface area contributed by atoms with Gasteiger partial charge in [-0.05, 0) is 43.1 Å². The number of aromatic amines is 1. The van der Waals surface area contributed by atoms with Gasteiger partial charge in [0.05, 0.1) is 13.2 Å². The molecule has 1 aromatic carbocycles. The Bertz CT molecular complexity index is 546. The monoisotopic (exact) mass is 262 g/mol. The highest BCUT2D eigenvalue weighted by molar-refractivity contribution is 5.82. The number of hydrogen-bond donors (Lipinski definition) is 1. The third-order valence-electron chi connectivity index (χ3n) is 3.73. The lowest BCUT2D eigenvalue weighted by atomic mass is 10.1. The van der Waals surface area contributed by atoms with Gasteiger partial charge in [0.15, 0.2) is 0 Å². The minimum absolute atomic E-state index is 0.145. The van der Waals surface area contributed by atoms with E-state index >= 15 is 0 Å². The van der Waals surface area contributed by atoms with E-state index in [-0.39, 0.29) is 5.82 Å². The zero-order valence-corrected chi connectivity index (χ0v) is 11.0. The number of morpholine rings is 1. The van der Waals surface area contributed by atoms with Crippen molar-refractivity contribution in [3.05, 3.63) is 35.8 Å². The molecule has 2 aromatic rings. The van der Waals surface area contributed by atoms with Gasteiger partial charge < -0.3 is 9.72 Å². The van der Waals surface area contributed by atoms with Gasteiger partial charge >= 0.3 is 0 Å². The van der Waals surface area contributed by atoms with E-state index in [1.54, 1.807) is 12.1 Å². The standard InChI is InChI=1S/C15H19FN2O/c16-14-10-12(15-13(11-14)3-4-17-15)2-1-5-18-6-8-19-9-7-18/h3-4,10-11,17H,1-2,5-9H2. The van der Waals surface area contributed by atoms with Crippen LogP contribution in [0, 0.1) is 5.82 Å². The van der Waals surface area contributed by atoms with Gasteiger partial charge in [0.2, 0.25) is 0 Å². The highest BCUT2D eigenvalue weighted by Crippen LogP contribution is 2.20. The van der Waals surface area contributed by atoms with E-state index in [0.717, 1.165) is 62.2 Å². The minimum atomic E-state index is -0.145. The number of ether oxygens (including phenoxy) is 1. The van der Waals surface area contributed by atoms with Gasteiger partial charge in [-0.1, -0.05) is 0 Å². The Kier molecular flexibility index (Phi) is 3.80. The van der Waals surface area contributed by atoms with Gasteiger partial charge in [0.1, 0.15) is 5.82 Å². The highest BCUT2D eigenvalue weighted by atomic mass is 19.1. The number of aryl methyl sites for hydroxylation is 1. The molecule has 3 rings (SSSR count). The number of nitrogens with one attached hydrogen (secondary N) is 1. The Morgan fingerprint density at radius 1 is 1.26 bits per heavy atom. The van der Waals surface area contributed by atoms with Gasteiger partial charge in [-0.2, -0.15) is 0 Å². The molecular formula is C15H19FN2O. The Labute approximate surface area is 112 Å². The molecule has 0 saturated carbocycles. The fraction of sp³-hybridized carbons (Fsp3) is 0.467. The SMILES string of the molecule is Fc1cc(CCCN2CCOCC2)c2[nH]ccc2c1. The Balaban J connectivity index is 1.63. The molecule has 1 saturated heterocycles. The van der Waals surface area contributed by atoms with Crippen molar-refractivity contribution in [1.82, 2.24) is 9.88 Å². The van der Waals surface area contributed by atoms with E-state index in [9.17, 15) is 4.39 Å². The molecule has 1 aliphatic rings. The lowest BCUT2D eigenvalue weighted by Crippen LogP contribution is -2.36. The first-order chi connectivity index (χ1) is 9.33. The summed E-state index contributed by atoms with van der Waals surface area (Å²) in [5.41, 5.74) is 2.15. The van der Waals surface area contributed by atoms with Gasteiger partial charge in [0, 0.05) is 30.2 Å². The summed E-state index contributed by atoms with van der Waals surface area (Å²) in [7, 11) is 0. The summed E-state index contributed by atoms with van der Waals surface area (Å²) in [6.45, 7) is 4.76. The number of halogens is 1. The lowest BCUT2D eigenvalue weighted by Gasteiger charge is -2.26. The summed E-state index contributed by atoms with van der Waals surface area (Å²) < 4.78 is 18.8. The smallest absolute Gasteiger partial charge is 0.124 e. The quantitative estimate of drug-likeness (QED) is 0.917. The average molecular weight is 262 g/mol. The van der Waals surface area contributed by atoms with Crippen molar-refractivity contribution in [3.8, 4) is 0 Å². The zero-order valence-electron chi connectivity index (χ0n) is 11.0. The number of nitrogens with zero attached hydrogens (tertiary/aromatic N) is 1. The molecule has 102 valence electrons. The molecule has 1 fully saturated rings. The van der Waals surface area contributed by atoms with Crippen LogP contribution >= 0.6 is 0 Å². The predicted molar refractivity (Wildman–Crippen MR) is 73.8 cm³/mol. The van der Waals surface area contributed by atoms with E-state index < -0.39 is 0 Å². The number of H-pyrrole nitrogens is 1. The van der Waals surface area contributed by atoms with Crippen LogP contribution in [0.4, 0.5) is 4.39 Å². The second-order valence-electron chi connectivity index (χ2n) is 5.06. The van der Waals surface area contributed by atoms with E-state index in [1.807, 2.05) is 12.3 Å². The summed E-state index contributed by atoms with van der Waals surface area (Å²) in [6.07, 6.45) is 3.83. The van der Waals surface area contributed by atoms with E-state index in [4.69, 9.17) is 4.74 Å². The molecule has 0 spiro atoms.